The van der Waals surface area contributed by atoms with E-state index in [4.69, 9.17) is 10.8 Å². The molecule has 3 nitrogen and oxygen atoms in total. The van der Waals surface area contributed by atoms with Crippen molar-refractivity contribution in [1.29, 1.82) is 0 Å². The van der Waals surface area contributed by atoms with Gasteiger partial charge in [0.15, 0.2) is 11.6 Å². The zero-order chi connectivity index (χ0) is 9.14. The number of rotatable bonds is 2. The van der Waals surface area contributed by atoms with Crippen molar-refractivity contribution >= 4 is 6.29 Å². The van der Waals surface area contributed by atoms with Gasteiger partial charge in [-0.2, -0.15) is 0 Å². The third-order valence-corrected chi connectivity index (χ3v) is 1.50. The fourth-order valence-corrected chi connectivity index (χ4v) is 0.809. The zero-order valence-corrected chi connectivity index (χ0v) is 6.20. The Morgan fingerprint density at radius 3 is 2.75 bits per heavy atom. The number of hydrogen-bond donors (Lipinski definition) is 2. The molecule has 0 aliphatic heterocycles. The molecule has 0 heterocycles. The first-order valence-corrected chi connectivity index (χ1v) is 3.34. The van der Waals surface area contributed by atoms with Crippen LogP contribution in [0.3, 0.4) is 0 Å². The molecule has 0 saturated carbocycles. The third-order valence-electron chi connectivity index (χ3n) is 1.50. The average molecular weight is 169 g/mol. The summed E-state index contributed by atoms with van der Waals surface area (Å²) in [5.74, 6) is -1.22. The quantitative estimate of drug-likeness (QED) is 0.641. The second-order valence-electron chi connectivity index (χ2n) is 2.37. The van der Waals surface area contributed by atoms with Crippen LogP contribution >= 0.6 is 0 Å². The third kappa shape index (κ3) is 1.60. The molecule has 4 heteroatoms. The number of phenols is 1. The fraction of sp³-hybridized carbons (Fsp3) is 0.125. The Bertz CT molecular complexity index is 301. The maximum absolute atomic E-state index is 12.7. The molecule has 0 amide bonds. The van der Waals surface area contributed by atoms with E-state index in [1.165, 1.54) is 6.07 Å². The molecule has 1 atom stereocenters. The predicted octanol–water partition coefficient (Wildman–Crippen LogP) is 0.730. The van der Waals surface area contributed by atoms with Crippen LogP contribution in [-0.4, -0.2) is 11.4 Å². The highest BCUT2D eigenvalue weighted by molar-refractivity contribution is 5.61. The Labute approximate surface area is 68.6 Å². The van der Waals surface area contributed by atoms with Gasteiger partial charge in [-0.25, -0.2) is 4.39 Å². The van der Waals surface area contributed by atoms with Gasteiger partial charge in [0, 0.05) is 0 Å². The maximum Gasteiger partial charge on any atom is 0.165 e. The maximum atomic E-state index is 12.7. The highest BCUT2D eigenvalue weighted by atomic mass is 19.1. The molecule has 1 unspecified atom stereocenters. The van der Waals surface area contributed by atoms with Gasteiger partial charge in [0.05, 0.1) is 6.04 Å². The van der Waals surface area contributed by atoms with E-state index in [2.05, 4.69) is 0 Å². The number of aldehydes is 1. The van der Waals surface area contributed by atoms with Gasteiger partial charge in [-0.3, -0.25) is 0 Å². The lowest BCUT2D eigenvalue weighted by atomic mass is 10.1. The Balaban J connectivity index is 3.04. The number of aromatic hydroxyl groups is 1. The minimum absolute atomic E-state index is 0.348. The summed E-state index contributed by atoms with van der Waals surface area (Å²) in [6.07, 6.45) is 0.506. The summed E-state index contributed by atoms with van der Waals surface area (Å²) in [7, 11) is 0. The molecule has 64 valence electrons. The number of carbonyl (C=O) groups is 1. The number of carbonyl (C=O) groups excluding carboxylic acids is 1. The fourth-order valence-electron chi connectivity index (χ4n) is 0.809. The molecule has 0 saturated heterocycles. The van der Waals surface area contributed by atoms with Crippen LogP contribution in [0.5, 0.6) is 5.75 Å². The molecule has 3 N–H and O–H groups in total. The predicted molar refractivity (Wildman–Crippen MR) is 41.1 cm³/mol. The second kappa shape index (κ2) is 3.32. The van der Waals surface area contributed by atoms with E-state index in [1.54, 1.807) is 0 Å². The van der Waals surface area contributed by atoms with E-state index in [9.17, 15) is 9.18 Å². The SMILES string of the molecule is NC(C=O)c1ccc(O)c(F)c1. The lowest BCUT2D eigenvalue weighted by molar-refractivity contribution is -0.109. The summed E-state index contributed by atoms with van der Waals surface area (Å²) >= 11 is 0. The molecule has 0 aliphatic rings. The summed E-state index contributed by atoms with van der Waals surface area (Å²) in [6, 6.07) is 2.76. The van der Waals surface area contributed by atoms with Gasteiger partial charge in [-0.05, 0) is 17.7 Å². The van der Waals surface area contributed by atoms with Crippen LogP contribution in [0, 0.1) is 5.82 Å². The highest BCUT2D eigenvalue weighted by Crippen LogP contribution is 2.18. The van der Waals surface area contributed by atoms with Crippen LogP contribution in [-0.2, 0) is 4.79 Å². The highest BCUT2D eigenvalue weighted by Gasteiger charge is 2.07. The molecule has 1 rings (SSSR count). The Hall–Kier alpha value is -1.42. The van der Waals surface area contributed by atoms with Gasteiger partial charge in [-0.15, -0.1) is 0 Å². The van der Waals surface area contributed by atoms with Crippen molar-refractivity contribution < 1.29 is 14.3 Å². The van der Waals surface area contributed by atoms with Crippen molar-refractivity contribution in [2.75, 3.05) is 0 Å². The van der Waals surface area contributed by atoms with Gasteiger partial charge in [0.1, 0.15) is 6.29 Å². The summed E-state index contributed by atoms with van der Waals surface area (Å²) in [6.45, 7) is 0. The summed E-state index contributed by atoms with van der Waals surface area (Å²) < 4.78 is 12.7. The van der Waals surface area contributed by atoms with Crippen LogP contribution in [0.4, 0.5) is 4.39 Å². The number of nitrogens with two attached hydrogens (primary N) is 1. The molecule has 0 bridgehead atoms. The topological polar surface area (TPSA) is 63.3 Å². The average Bonchev–Trinajstić information content (AvgIpc) is 2.08. The number of phenolic OH excluding ortho intramolecular Hbond substituents is 1. The number of benzene rings is 1. The summed E-state index contributed by atoms with van der Waals surface area (Å²) in [5.41, 5.74) is 5.64. The van der Waals surface area contributed by atoms with Crippen molar-refractivity contribution in [2.24, 2.45) is 5.73 Å². The second-order valence-corrected chi connectivity index (χ2v) is 2.37. The van der Waals surface area contributed by atoms with Crippen molar-refractivity contribution in [3.63, 3.8) is 0 Å². The van der Waals surface area contributed by atoms with Crippen molar-refractivity contribution in [3.8, 4) is 5.75 Å². The molecule has 12 heavy (non-hydrogen) atoms. The molecular weight excluding hydrogens is 161 g/mol. The molecule has 0 aromatic heterocycles. The smallest absolute Gasteiger partial charge is 0.165 e. The number of hydrogen-bond acceptors (Lipinski definition) is 3. The zero-order valence-electron chi connectivity index (χ0n) is 6.20. The first-order chi connectivity index (χ1) is 5.65. The van der Waals surface area contributed by atoms with Crippen molar-refractivity contribution in [1.82, 2.24) is 0 Å². The minimum Gasteiger partial charge on any atom is -0.505 e. The normalized spacial score (nSPS) is 12.5. The Morgan fingerprint density at radius 1 is 1.58 bits per heavy atom. The Kier molecular flexibility index (Phi) is 2.40. The molecule has 0 aliphatic carbocycles. The van der Waals surface area contributed by atoms with E-state index < -0.39 is 17.6 Å². The lowest BCUT2D eigenvalue weighted by Gasteiger charge is -2.04. The van der Waals surface area contributed by atoms with E-state index >= 15 is 0 Å². The van der Waals surface area contributed by atoms with Gasteiger partial charge in [0.25, 0.3) is 0 Å². The van der Waals surface area contributed by atoms with Gasteiger partial charge < -0.3 is 15.6 Å². The molecule has 1 aromatic rings. The van der Waals surface area contributed by atoms with Crippen molar-refractivity contribution in [3.05, 3.63) is 29.6 Å². The van der Waals surface area contributed by atoms with Gasteiger partial charge >= 0.3 is 0 Å². The van der Waals surface area contributed by atoms with Crippen LogP contribution in [0.2, 0.25) is 0 Å². The molecule has 0 spiro atoms. The van der Waals surface area contributed by atoms with E-state index in [0.29, 0.717) is 11.8 Å². The monoisotopic (exact) mass is 169 g/mol. The van der Waals surface area contributed by atoms with E-state index in [-0.39, 0.29) is 0 Å². The first kappa shape index (κ1) is 8.67. The van der Waals surface area contributed by atoms with E-state index in [0.717, 1.165) is 12.1 Å². The van der Waals surface area contributed by atoms with E-state index in [1.807, 2.05) is 0 Å². The summed E-state index contributed by atoms with van der Waals surface area (Å²) in [5, 5.41) is 8.79. The molecule has 1 aromatic carbocycles. The van der Waals surface area contributed by atoms with Crippen LogP contribution in [0.15, 0.2) is 18.2 Å². The van der Waals surface area contributed by atoms with Gasteiger partial charge in [-0.1, -0.05) is 6.07 Å². The summed E-state index contributed by atoms with van der Waals surface area (Å²) in [4.78, 5) is 10.2. The van der Waals surface area contributed by atoms with Crippen molar-refractivity contribution in [2.45, 2.75) is 6.04 Å². The molecule has 0 radical (unpaired) electrons. The lowest BCUT2D eigenvalue weighted by Crippen LogP contribution is -2.11. The minimum atomic E-state index is -0.833. The molecular formula is C8H8FNO2. The largest absolute Gasteiger partial charge is 0.505 e. The molecule has 0 fully saturated rings. The number of halogens is 1. The first-order valence-electron chi connectivity index (χ1n) is 3.34. The Morgan fingerprint density at radius 2 is 2.25 bits per heavy atom. The standard InChI is InChI=1S/C8H8FNO2/c9-6-3-5(7(10)4-11)1-2-8(6)12/h1-4,7,12H,10H2. The van der Waals surface area contributed by atoms with Crippen LogP contribution < -0.4 is 5.73 Å². The van der Waals surface area contributed by atoms with Gasteiger partial charge in [0.2, 0.25) is 0 Å². The van der Waals surface area contributed by atoms with Crippen LogP contribution in [0.25, 0.3) is 0 Å². The van der Waals surface area contributed by atoms with Crippen LogP contribution in [0.1, 0.15) is 11.6 Å².